The smallest absolute Gasteiger partial charge is 0.220 e. The van der Waals surface area contributed by atoms with Crippen LogP contribution in [0.3, 0.4) is 0 Å². The topological polar surface area (TPSA) is 51.5 Å². The molecular weight excluding hydrogens is 386 g/mol. The molecule has 31 heavy (non-hydrogen) atoms. The van der Waals surface area contributed by atoms with Crippen LogP contribution in [-0.4, -0.2) is 19.6 Å². The van der Waals surface area contributed by atoms with Crippen LogP contribution in [0.4, 0.5) is 0 Å². The van der Waals surface area contributed by atoms with E-state index >= 15 is 0 Å². The van der Waals surface area contributed by atoms with Crippen LogP contribution in [0.15, 0.2) is 77.4 Å². The van der Waals surface area contributed by atoms with E-state index in [1.165, 1.54) is 11.1 Å². The SMILES string of the molecule is COc1ccc([C@@H](CCNC(=O)C[C@H](Cc2ccccc2)c2ccco2)C(C)C)cc1. The van der Waals surface area contributed by atoms with Crippen molar-refractivity contribution in [1.29, 1.82) is 0 Å². The van der Waals surface area contributed by atoms with Gasteiger partial charge in [0, 0.05) is 18.9 Å². The lowest BCUT2D eigenvalue weighted by Crippen LogP contribution is -2.28. The van der Waals surface area contributed by atoms with Gasteiger partial charge in [-0.25, -0.2) is 0 Å². The summed E-state index contributed by atoms with van der Waals surface area (Å²) in [5.74, 6) is 2.68. The number of rotatable bonds is 11. The van der Waals surface area contributed by atoms with Crippen LogP contribution in [0.25, 0.3) is 0 Å². The van der Waals surface area contributed by atoms with Gasteiger partial charge in [-0.15, -0.1) is 0 Å². The Bertz CT molecular complexity index is 901. The number of amides is 1. The van der Waals surface area contributed by atoms with Gasteiger partial charge in [0.15, 0.2) is 0 Å². The van der Waals surface area contributed by atoms with Gasteiger partial charge in [-0.05, 0) is 60.1 Å². The van der Waals surface area contributed by atoms with Crippen LogP contribution < -0.4 is 10.1 Å². The van der Waals surface area contributed by atoms with Gasteiger partial charge in [-0.2, -0.15) is 0 Å². The molecule has 0 bridgehead atoms. The van der Waals surface area contributed by atoms with Crippen molar-refractivity contribution in [2.24, 2.45) is 5.92 Å². The second-order valence-electron chi connectivity index (χ2n) is 8.37. The number of carbonyl (C=O) groups excluding carboxylic acids is 1. The Morgan fingerprint density at radius 1 is 1.00 bits per heavy atom. The molecule has 0 saturated heterocycles. The van der Waals surface area contributed by atoms with Gasteiger partial charge in [0.1, 0.15) is 11.5 Å². The molecule has 2 aromatic carbocycles. The Morgan fingerprint density at radius 2 is 1.74 bits per heavy atom. The van der Waals surface area contributed by atoms with Crippen molar-refractivity contribution in [2.45, 2.75) is 44.9 Å². The number of carbonyl (C=O) groups is 1. The van der Waals surface area contributed by atoms with Gasteiger partial charge >= 0.3 is 0 Å². The standard InChI is InChI=1S/C27H33NO3/c1-20(2)25(22-11-13-24(30-3)14-12-22)15-16-28-27(29)19-23(26-10-7-17-31-26)18-21-8-5-4-6-9-21/h4-14,17,20,23,25H,15-16,18-19H2,1-3H3,(H,28,29)/t23-,25-/m0/s1. The summed E-state index contributed by atoms with van der Waals surface area (Å²) in [6.07, 6.45) is 3.77. The van der Waals surface area contributed by atoms with E-state index in [2.05, 4.69) is 43.4 Å². The van der Waals surface area contributed by atoms with Crippen molar-refractivity contribution >= 4 is 5.91 Å². The molecule has 1 heterocycles. The number of benzene rings is 2. The predicted octanol–water partition coefficient (Wildman–Crippen LogP) is 5.95. The monoisotopic (exact) mass is 419 g/mol. The summed E-state index contributed by atoms with van der Waals surface area (Å²) in [6.45, 7) is 5.11. The summed E-state index contributed by atoms with van der Waals surface area (Å²) in [7, 11) is 1.68. The Balaban J connectivity index is 1.56. The first-order chi connectivity index (χ1) is 15.1. The third-order valence-electron chi connectivity index (χ3n) is 5.83. The van der Waals surface area contributed by atoms with Gasteiger partial charge in [-0.1, -0.05) is 56.3 Å². The summed E-state index contributed by atoms with van der Waals surface area (Å²) in [6, 6.07) is 22.3. The van der Waals surface area contributed by atoms with Crippen LogP contribution in [0.5, 0.6) is 5.75 Å². The van der Waals surface area contributed by atoms with Crippen molar-refractivity contribution in [2.75, 3.05) is 13.7 Å². The Morgan fingerprint density at radius 3 is 2.35 bits per heavy atom. The molecule has 0 fully saturated rings. The molecular formula is C27H33NO3. The predicted molar refractivity (Wildman–Crippen MR) is 124 cm³/mol. The van der Waals surface area contributed by atoms with Crippen LogP contribution in [0.2, 0.25) is 0 Å². The van der Waals surface area contributed by atoms with Crippen LogP contribution >= 0.6 is 0 Å². The van der Waals surface area contributed by atoms with Crippen LogP contribution in [0.1, 0.15) is 55.4 Å². The molecule has 1 N–H and O–H groups in total. The first kappa shape index (κ1) is 22.7. The Hall–Kier alpha value is -3.01. The van der Waals surface area contributed by atoms with E-state index in [1.807, 2.05) is 42.5 Å². The first-order valence-electron chi connectivity index (χ1n) is 11.0. The summed E-state index contributed by atoms with van der Waals surface area (Å²) < 4.78 is 10.9. The van der Waals surface area contributed by atoms with E-state index in [1.54, 1.807) is 13.4 Å². The molecule has 4 nitrogen and oxygen atoms in total. The van der Waals surface area contributed by atoms with Gasteiger partial charge in [0.05, 0.1) is 13.4 Å². The molecule has 0 unspecified atom stereocenters. The molecule has 1 amide bonds. The molecule has 4 heteroatoms. The maximum absolute atomic E-state index is 12.7. The Kier molecular flexibility index (Phi) is 8.34. The normalized spacial score (nSPS) is 13.0. The molecule has 2 atom stereocenters. The molecule has 0 aliphatic rings. The van der Waals surface area contributed by atoms with Gasteiger partial charge in [-0.3, -0.25) is 4.79 Å². The largest absolute Gasteiger partial charge is 0.497 e. The zero-order valence-electron chi connectivity index (χ0n) is 18.7. The zero-order chi connectivity index (χ0) is 22.1. The number of methoxy groups -OCH3 is 1. The maximum atomic E-state index is 12.7. The molecule has 1 aromatic heterocycles. The lowest BCUT2D eigenvalue weighted by molar-refractivity contribution is -0.121. The van der Waals surface area contributed by atoms with E-state index in [9.17, 15) is 4.79 Å². The van der Waals surface area contributed by atoms with Crippen molar-refractivity contribution in [3.63, 3.8) is 0 Å². The van der Waals surface area contributed by atoms with Gasteiger partial charge in [0.25, 0.3) is 0 Å². The van der Waals surface area contributed by atoms with Crippen molar-refractivity contribution in [3.8, 4) is 5.75 Å². The number of ether oxygens (including phenoxy) is 1. The lowest BCUT2D eigenvalue weighted by atomic mass is 9.85. The Labute approximate surface area is 185 Å². The number of hydrogen-bond acceptors (Lipinski definition) is 3. The summed E-state index contributed by atoms with van der Waals surface area (Å²) >= 11 is 0. The van der Waals surface area contributed by atoms with E-state index in [-0.39, 0.29) is 11.8 Å². The molecule has 164 valence electrons. The summed E-state index contributed by atoms with van der Waals surface area (Å²) in [4.78, 5) is 12.7. The highest BCUT2D eigenvalue weighted by molar-refractivity contribution is 5.76. The van der Waals surface area contributed by atoms with Crippen LogP contribution in [-0.2, 0) is 11.2 Å². The number of nitrogens with one attached hydrogen (secondary N) is 1. The molecule has 0 radical (unpaired) electrons. The first-order valence-corrected chi connectivity index (χ1v) is 11.0. The lowest BCUT2D eigenvalue weighted by Gasteiger charge is -2.22. The minimum atomic E-state index is 0.0277. The minimum Gasteiger partial charge on any atom is -0.497 e. The van der Waals surface area contributed by atoms with E-state index in [0.29, 0.717) is 24.8 Å². The average Bonchev–Trinajstić information content (AvgIpc) is 3.32. The zero-order valence-corrected chi connectivity index (χ0v) is 18.7. The van der Waals surface area contributed by atoms with E-state index < -0.39 is 0 Å². The van der Waals surface area contributed by atoms with Crippen LogP contribution in [0, 0.1) is 5.92 Å². The highest BCUT2D eigenvalue weighted by Gasteiger charge is 2.20. The molecule has 0 aliphatic carbocycles. The highest BCUT2D eigenvalue weighted by Crippen LogP contribution is 2.29. The summed E-state index contributed by atoms with van der Waals surface area (Å²) in [5, 5.41) is 3.13. The average molecular weight is 420 g/mol. The van der Waals surface area contributed by atoms with E-state index in [4.69, 9.17) is 9.15 Å². The molecule has 3 aromatic rings. The van der Waals surface area contributed by atoms with Crippen molar-refractivity contribution in [1.82, 2.24) is 5.32 Å². The molecule has 0 spiro atoms. The third-order valence-corrected chi connectivity index (χ3v) is 5.83. The number of hydrogen-bond donors (Lipinski definition) is 1. The van der Waals surface area contributed by atoms with Crippen molar-refractivity contribution in [3.05, 3.63) is 89.9 Å². The summed E-state index contributed by atoms with van der Waals surface area (Å²) in [5.41, 5.74) is 2.48. The minimum absolute atomic E-state index is 0.0277. The second-order valence-corrected chi connectivity index (χ2v) is 8.37. The fourth-order valence-corrected chi connectivity index (χ4v) is 4.09. The number of furan rings is 1. The van der Waals surface area contributed by atoms with Gasteiger partial charge < -0.3 is 14.5 Å². The van der Waals surface area contributed by atoms with Gasteiger partial charge in [0.2, 0.25) is 5.91 Å². The highest BCUT2D eigenvalue weighted by atomic mass is 16.5. The fourth-order valence-electron chi connectivity index (χ4n) is 4.09. The quantitative estimate of drug-likeness (QED) is 0.418. The second kappa shape index (κ2) is 11.4. The van der Waals surface area contributed by atoms with E-state index in [0.717, 1.165) is 24.4 Å². The van der Waals surface area contributed by atoms with Crippen molar-refractivity contribution < 1.29 is 13.9 Å². The molecule has 0 saturated carbocycles. The molecule has 3 rings (SSSR count). The molecule has 0 aliphatic heterocycles. The maximum Gasteiger partial charge on any atom is 0.220 e. The fraction of sp³-hybridized carbons (Fsp3) is 0.370. The third kappa shape index (κ3) is 6.74.